The van der Waals surface area contributed by atoms with E-state index in [4.69, 9.17) is 10.5 Å². The van der Waals surface area contributed by atoms with Crippen LogP contribution in [0.2, 0.25) is 0 Å². The van der Waals surface area contributed by atoms with Crippen LogP contribution in [0, 0.1) is 5.41 Å². The standard InChI is InChI=1S/C15H28N2O/c1-12(16)13-11-17(9-10-18-13)14-5-8-15(14)6-3-2-4-7-15/h12-14H,2-11,16H2,1H3. The lowest BCUT2D eigenvalue weighted by atomic mass is 9.56. The number of nitrogens with two attached hydrogens (primary N) is 1. The third-order valence-corrected chi connectivity index (χ3v) is 5.62. The van der Waals surface area contributed by atoms with Gasteiger partial charge < -0.3 is 10.5 Å². The Balaban J connectivity index is 1.63. The monoisotopic (exact) mass is 252 g/mol. The van der Waals surface area contributed by atoms with Gasteiger partial charge in [-0.1, -0.05) is 19.3 Å². The first kappa shape index (κ1) is 12.9. The molecule has 3 aliphatic rings. The molecule has 1 saturated heterocycles. The maximum absolute atomic E-state index is 6.01. The first-order valence-electron chi connectivity index (χ1n) is 7.82. The quantitative estimate of drug-likeness (QED) is 0.818. The van der Waals surface area contributed by atoms with Crippen LogP contribution < -0.4 is 5.73 Å². The van der Waals surface area contributed by atoms with Gasteiger partial charge in [0.05, 0.1) is 12.7 Å². The minimum Gasteiger partial charge on any atom is -0.374 e. The van der Waals surface area contributed by atoms with E-state index < -0.39 is 0 Å². The van der Waals surface area contributed by atoms with Crippen LogP contribution in [-0.2, 0) is 4.74 Å². The Bertz CT molecular complexity index is 286. The molecule has 0 bridgehead atoms. The normalized spacial score (nSPS) is 38.3. The second kappa shape index (κ2) is 5.10. The summed E-state index contributed by atoms with van der Waals surface area (Å²) < 4.78 is 5.80. The fourth-order valence-electron chi connectivity index (χ4n) is 4.39. The molecule has 18 heavy (non-hydrogen) atoms. The molecule has 3 rings (SSSR count). The van der Waals surface area contributed by atoms with Crippen molar-refractivity contribution >= 4 is 0 Å². The van der Waals surface area contributed by atoms with E-state index in [2.05, 4.69) is 11.8 Å². The fourth-order valence-corrected chi connectivity index (χ4v) is 4.39. The summed E-state index contributed by atoms with van der Waals surface area (Å²) in [5.74, 6) is 0. The molecule has 3 fully saturated rings. The molecule has 3 unspecified atom stereocenters. The van der Waals surface area contributed by atoms with E-state index in [1.807, 2.05) is 0 Å². The van der Waals surface area contributed by atoms with Gasteiger partial charge in [0.15, 0.2) is 0 Å². The van der Waals surface area contributed by atoms with Crippen molar-refractivity contribution in [1.82, 2.24) is 4.90 Å². The zero-order valence-corrected chi connectivity index (χ0v) is 11.7. The predicted molar refractivity (Wildman–Crippen MR) is 73.5 cm³/mol. The average Bonchev–Trinajstić information content (AvgIpc) is 2.39. The van der Waals surface area contributed by atoms with Crippen molar-refractivity contribution in [2.24, 2.45) is 11.1 Å². The number of rotatable bonds is 2. The Morgan fingerprint density at radius 2 is 2.00 bits per heavy atom. The van der Waals surface area contributed by atoms with Gasteiger partial charge in [0, 0.05) is 25.2 Å². The van der Waals surface area contributed by atoms with Crippen LogP contribution in [0.1, 0.15) is 51.9 Å². The Labute approximate surface area is 111 Å². The van der Waals surface area contributed by atoms with E-state index in [9.17, 15) is 0 Å². The molecule has 1 heterocycles. The van der Waals surface area contributed by atoms with E-state index in [1.165, 1.54) is 44.9 Å². The number of morpholine rings is 1. The van der Waals surface area contributed by atoms with Crippen molar-refractivity contribution in [3.63, 3.8) is 0 Å². The van der Waals surface area contributed by atoms with Gasteiger partial charge in [-0.15, -0.1) is 0 Å². The second-order valence-corrected chi connectivity index (χ2v) is 6.74. The summed E-state index contributed by atoms with van der Waals surface area (Å²) in [5, 5.41) is 0. The van der Waals surface area contributed by atoms with Crippen molar-refractivity contribution in [3.05, 3.63) is 0 Å². The predicted octanol–water partition coefficient (Wildman–Crippen LogP) is 2.15. The van der Waals surface area contributed by atoms with Crippen molar-refractivity contribution in [3.8, 4) is 0 Å². The summed E-state index contributed by atoms with van der Waals surface area (Å²) in [4.78, 5) is 2.70. The Kier molecular flexibility index (Phi) is 3.65. The summed E-state index contributed by atoms with van der Waals surface area (Å²) in [7, 11) is 0. The summed E-state index contributed by atoms with van der Waals surface area (Å²) in [6, 6.07) is 0.998. The van der Waals surface area contributed by atoms with Crippen molar-refractivity contribution in [1.29, 1.82) is 0 Å². The molecule has 3 heteroatoms. The lowest BCUT2D eigenvalue weighted by molar-refractivity contribution is -0.115. The third kappa shape index (κ3) is 2.21. The number of ether oxygens (including phenoxy) is 1. The minimum absolute atomic E-state index is 0.162. The van der Waals surface area contributed by atoms with E-state index in [0.717, 1.165) is 25.7 Å². The van der Waals surface area contributed by atoms with Crippen LogP contribution in [-0.4, -0.2) is 42.8 Å². The van der Waals surface area contributed by atoms with Gasteiger partial charge in [0.25, 0.3) is 0 Å². The van der Waals surface area contributed by atoms with Gasteiger partial charge in [-0.05, 0) is 38.0 Å². The SMILES string of the molecule is CC(N)C1CN(C2CCC23CCCCC3)CCO1. The molecule has 2 saturated carbocycles. The Morgan fingerprint density at radius 3 is 2.61 bits per heavy atom. The highest BCUT2D eigenvalue weighted by Gasteiger charge is 2.50. The number of hydrogen-bond acceptors (Lipinski definition) is 3. The van der Waals surface area contributed by atoms with Crippen LogP contribution in [0.5, 0.6) is 0 Å². The van der Waals surface area contributed by atoms with E-state index >= 15 is 0 Å². The maximum atomic E-state index is 6.01. The first-order chi connectivity index (χ1) is 8.71. The molecular weight excluding hydrogens is 224 g/mol. The molecule has 104 valence electrons. The Morgan fingerprint density at radius 1 is 1.22 bits per heavy atom. The molecule has 1 spiro atoms. The molecule has 0 aromatic rings. The lowest BCUT2D eigenvalue weighted by Gasteiger charge is -2.57. The maximum Gasteiger partial charge on any atom is 0.0850 e. The van der Waals surface area contributed by atoms with Crippen LogP contribution in [0.25, 0.3) is 0 Å². The largest absolute Gasteiger partial charge is 0.374 e. The van der Waals surface area contributed by atoms with Crippen molar-refractivity contribution in [2.75, 3.05) is 19.7 Å². The summed E-state index contributed by atoms with van der Waals surface area (Å²) in [6.07, 6.45) is 10.4. The smallest absolute Gasteiger partial charge is 0.0850 e. The van der Waals surface area contributed by atoms with Crippen molar-refractivity contribution in [2.45, 2.75) is 70.1 Å². The topological polar surface area (TPSA) is 38.5 Å². The van der Waals surface area contributed by atoms with Gasteiger partial charge in [-0.3, -0.25) is 4.90 Å². The summed E-state index contributed by atoms with van der Waals surface area (Å²) >= 11 is 0. The van der Waals surface area contributed by atoms with E-state index in [0.29, 0.717) is 5.41 Å². The van der Waals surface area contributed by atoms with Gasteiger partial charge in [0.1, 0.15) is 0 Å². The van der Waals surface area contributed by atoms with Crippen LogP contribution in [0.4, 0.5) is 0 Å². The highest BCUT2D eigenvalue weighted by molar-refractivity contribution is 5.03. The Hall–Kier alpha value is -0.120. The summed E-state index contributed by atoms with van der Waals surface area (Å²) in [5.41, 5.74) is 6.69. The molecule has 0 radical (unpaired) electrons. The summed E-state index contributed by atoms with van der Waals surface area (Å²) in [6.45, 7) is 5.13. The van der Waals surface area contributed by atoms with Crippen LogP contribution in [0.3, 0.4) is 0 Å². The van der Waals surface area contributed by atoms with Gasteiger partial charge in [-0.2, -0.15) is 0 Å². The first-order valence-corrected chi connectivity index (χ1v) is 7.82. The minimum atomic E-state index is 0.162. The highest BCUT2D eigenvalue weighted by Crippen LogP contribution is 2.54. The van der Waals surface area contributed by atoms with Gasteiger partial charge in [-0.25, -0.2) is 0 Å². The van der Waals surface area contributed by atoms with Gasteiger partial charge >= 0.3 is 0 Å². The fraction of sp³-hybridized carbons (Fsp3) is 1.00. The lowest BCUT2D eigenvalue weighted by Crippen LogP contribution is -2.61. The molecule has 2 aliphatic carbocycles. The molecule has 0 aromatic carbocycles. The van der Waals surface area contributed by atoms with Crippen LogP contribution in [0.15, 0.2) is 0 Å². The molecule has 2 N–H and O–H groups in total. The molecule has 1 aliphatic heterocycles. The van der Waals surface area contributed by atoms with Gasteiger partial charge in [0.2, 0.25) is 0 Å². The zero-order chi connectivity index (χ0) is 12.6. The van der Waals surface area contributed by atoms with Crippen molar-refractivity contribution < 1.29 is 4.74 Å². The highest BCUT2D eigenvalue weighted by atomic mass is 16.5. The number of hydrogen-bond donors (Lipinski definition) is 1. The molecular formula is C15H28N2O. The molecule has 3 atom stereocenters. The van der Waals surface area contributed by atoms with E-state index in [-0.39, 0.29) is 12.1 Å². The molecule has 3 nitrogen and oxygen atoms in total. The van der Waals surface area contributed by atoms with E-state index in [1.54, 1.807) is 0 Å². The van der Waals surface area contributed by atoms with Crippen LogP contribution >= 0.6 is 0 Å². The molecule has 0 amide bonds. The zero-order valence-electron chi connectivity index (χ0n) is 11.7. The average molecular weight is 252 g/mol. The number of nitrogens with zero attached hydrogens (tertiary/aromatic N) is 1. The third-order valence-electron chi connectivity index (χ3n) is 5.62. The second-order valence-electron chi connectivity index (χ2n) is 6.74. The molecule has 0 aromatic heterocycles.